The van der Waals surface area contributed by atoms with E-state index in [1.165, 1.54) is 0 Å². The summed E-state index contributed by atoms with van der Waals surface area (Å²) >= 11 is 0. The average molecular weight is 378 g/mol. The van der Waals surface area contributed by atoms with E-state index >= 15 is 0 Å². The smallest absolute Gasteiger partial charge is 0.310 e. The summed E-state index contributed by atoms with van der Waals surface area (Å²) in [5.74, 6) is 0.993. The highest BCUT2D eigenvalue weighted by molar-refractivity contribution is 5.86. The van der Waals surface area contributed by atoms with Crippen LogP contribution in [0.4, 0.5) is 0 Å². The highest BCUT2D eigenvalue weighted by atomic mass is 16.6. The zero-order chi connectivity index (χ0) is 19.5. The first-order valence-electron chi connectivity index (χ1n) is 8.72. The van der Waals surface area contributed by atoms with Crippen LogP contribution in [-0.2, 0) is 22.6 Å². The fourth-order valence-electron chi connectivity index (χ4n) is 2.85. The van der Waals surface area contributed by atoms with Gasteiger partial charge in [-0.1, -0.05) is 17.3 Å². The summed E-state index contributed by atoms with van der Waals surface area (Å²) in [5, 5.41) is 4.82. The predicted molar refractivity (Wildman–Crippen MR) is 101 cm³/mol. The van der Waals surface area contributed by atoms with Crippen LogP contribution >= 0.6 is 0 Å². The zero-order valence-electron chi connectivity index (χ0n) is 15.5. The molecule has 0 saturated carbocycles. The molecule has 28 heavy (non-hydrogen) atoms. The number of carbonyl (C=O) groups excluding carboxylic acids is 1. The second-order valence-corrected chi connectivity index (χ2v) is 6.34. The summed E-state index contributed by atoms with van der Waals surface area (Å²) in [6.07, 6.45) is 1.69. The normalized spacial score (nSPS) is 10.9. The number of aromatic nitrogens is 2. The first-order chi connectivity index (χ1) is 13.6. The van der Waals surface area contributed by atoms with E-state index in [4.69, 9.17) is 18.4 Å². The fraction of sp³-hybridized carbons (Fsp3) is 0.190. The molecule has 0 aliphatic heterocycles. The predicted octanol–water partition coefficient (Wildman–Crippen LogP) is 4.09. The van der Waals surface area contributed by atoms with Gasteiger partial charge in [0.15, 0.2) is 6.61 Å². The number of aryl methyl sites for hydroxylation is 1. The quantitative estimate of drug-likeness (QED) is 0.467. The molecule has 0 bridgehead atoms. The minimum absolute atomic E-state index is 0.0864. The highest BCUT2D eigenvalue weighted by Crippen LogP contribution is 2.23. The first kappa shape index (κ1) is 17.8. The lowest BCUT2D eigenvalue weighted by molar-refractivity contribution is -0.144. The zero-order valence-corrected chi connectivity index (χ0v) is 15.5. The van der Waals surface area contributed by atoms with Crippen molar-refractivity contribution in [1.82, 2.24) is 10.1 Å². The molecule has 0 aliphatic carbocycles. The van der Waals surface area contributed by atoms with Gasteiger partial charge in [-0.3, -0.25) is 4.79 Å². The summed E-state index contributed by atoms with van der Waals surface area (Å²) in [6.45, 7) is 1.90. The van der Waals surface area contributed by atoms with E-state index in [0.29, 0.717) is 5.82 Å². The van der Waals surface area contributed by atoms with Gasteiger partial charge in [0.1, 0.15) is 11.3 Å². The van der Waals surface area contributed by atoms with E-state index in [0.717, 1.165) is 33.4 Å². The Labute approximate surface area is 160 Å². The third-order valence-corrected chi connectivity index (χ3v) is 4.32. The van der Waals surface area contributed by atoms with Crippen molar-refractivity contribution in [2.24, 2.45) is 0 Å². The summed E-state index contributed by atoms with van der Waals surface area (Å²) < 4.78 is 21.0. The SMILES string of the molecule is COc1ccc(-c2noc(COC(=O)Cc3coc4cc(C)ccc34)n2)cc1. The van der Waals surface area contributed by atoms with Crippen LogP contribution in [0.2, 0.25) is 0 Å². The van der Waals surface area contributed by atoms with E-state index in [2.05, 4.69) is 10.1 Å². The lowest BCUT2D eigenvalue weighted by atomic mass is 10.1. The van der Waals surface area contributed by atoms with Crippen LogP contribution in [0.15, 0.2) is 57.7 Å². The van der Waals surface area contributed by atoms with Gasteiger partial charge in [0.05, 0.1) is 19.8 Å². The first-order valence-corrected chi connectivity index (χ1v) is 8.72. The Balaban J connectivity index is 1.37. The lowest BCUT2D eigenvalue weighted by Gasteiger charge is -2.01. The number of hydrogen-bond donors (Lipinski definition) is 0. The number of benzene rings is 2. The van der Waals surface area contributed by atoms with Crippen molar-refractivity contribution < 1.29 is 23.2 Å². The summed E-state index contributed by atoms with van der Waals surface area (Å²) in [5.41, 5.74) is 3.41. The van der Waals surface area contributed by atoms with Gasteiger partial charge in [0, 0.05) is 16.5 Å². The molecule has 0 radical (unpaired) electrons. The van der Waals surface area contributed by atoms with Gasteiger partial charge in [-0.05, 0) is 42.8 Å². The van der Waals surface area contributed by atoms with Gasteiger partial charge in [-0.15, -0.1) is 0 Å². The Bertz CT molecular complexity index is 1110. The molecule has 0 N–H and O–H groups in total. The maximum absolute atomic E-state index is 12.2. The molecular weight excluding hydrogens is 360 g/mol. The third-order valence-electron chi connectivity index (χ3n) is 4.32. The summed E-state index contributed by atoms with van der Waals surface area (Å²) in [4.78, 5) is 16.4. The molecule has 2 heterocycles. The molecule has 0 saturated heterocycles. The van der Waals surface area contributed by atoms with Gasteiger partial charge in [-0.25, -0.2) is 0 Å². The molecule has 0 amide bonds. The molecule has 0 atom stereocenters. The van der Waals surface area contributed by atoms with Crippen molar-refractivity contribution in [3.8, 4) is 17.1 Å². The number of esters is 1. The van der Waals surface area contributed by atoms with Crippen LogP contribution in [0.5, 0.6) is 5.75 Å². The largest absolute Gasteiger partial charge is 0.497 e. The van der Waals surface area contributed by atoms with Crippen LogP contribution in [0.1, 0.15) is 17.0 Å². The number of methoxy groups -OCH3 is 1. The Kier molecular flexibility index (Phi) is 4.80. The molecule has 7 heteroatoms. The Morgan fingerprint density at radius 2 is 1.96 bits per heavy atom. The van der Waals surface area contributed by atoms with Gasteiger partial charge < -0.3 is 18.4 Å². The number of rotatable bonds is 6. The van der Waals surface area contributed by atoms with Gasteiger partial charge in [0.2, 0.25) is 5.82 Å². The van der Waals surface area contributed by atoms with Crippen molar-refractivity contribution >= 4 is 16.9 Å². The molecule has 142 valence electrons. The minimum atomic E-state index is -0.396. The number of hydrogen-bond acceptors (Lipinski definition) is 7. The van der Waals surface area contributed by atoms with Crippen molar-refractivity contribution in [3.63, 3.8) is 0 Å². The monoisotopic (exact) mass is 378 g/mol. The van der Waals surface area contributed by atoms with Crippen molar-refractivity contribution in [2.75, 3.05) is 7.11 Å². The third kappa shape index (κ3) is 3.73. The average Bonchev–Trinajstić information content (AvgIpc) is 3.33. The van der Waals surface area contributed by atoms with Crippen LogP contribution in [0.25, 0.3) is 22.4 Å². The molecule has 0 spiro atoms. The van der Waals surface area contributed by atoms with Gasteiger partial charge in [-0.2, -0.15) is 4.98 Å². The fourth-order valence-corrected chi connectivity index (χ4v) is 2.85. The number of ether oxygens (including phenoxy) is 2. The molecule has 4 aromatic rings. The maximum Gasteiger partial charge on any atom is 0.310 e. The Morgan fingerprint density at radius 1 is 1.14 bits per heavy atom. The molecule has 2 aromatic carbocycles. The van der Waals surface area contributed by atoms with Gasteiger partial charge in [0.25, 0.3) is 5.89 Å². The second kappa shape index (κ2) is 7.56. The standard InChI is InChI=1S/C21H18N2O5/c1-13-3-8-17-15(11-26-18(17)9-13)10-20(24)27-12-19-22-21(23-28-19)14-4-6-16(25-2)7-5-14/h3-9,11H,10,12H2,1-2H3. The number of nitrogens with zero attached hydrogens (tertiary/aromatic N) is 2. The Hall–Kier alpha value is -3.61. The van der Waals surface area contributed by atoms with E-state index < -0.39 is 5.97 Å². The second-order valence-electron chi connectivity index (χ2n) is 6.34. The lowest BCUT2D eigenvalue weighted by Crippen LogP contribution is -2.07. The van der Waals surface area contributed by atoms with Crippen molar-refractivity contribution in [1.29, 1.82) is 0 Å². The number of fused-ring (bicyclic) bond motifs is 1. The van der Waals surface area contributed by atoms with E-state index in [1.807, 2.05) is 49.4 Å². The van der Waals surface area contributed by atoms with Crippen molar-refractivity contribution in [3.05, 3.63) is 65.7 Å². The molecular formula is C21H18N2O5. The van der Waals surface area contributed by atoms with Crippen LogP contribution in [-0.4, -0.2) is 23.2 Å². The van der Waals surface area contributed by atoms with Crippen LogP contribution in [0, 0.1) is 6.92 Å². The van der Waals surface area contributed by atoms with Crippen LogP contribution < -0.4 is 4.74 Å². The summed E-state index contributed by atoms with van der Waals surface area (Å²) in [7, 11) is 1.60. The number of furan rings is 1. The van der Waals surface area contributed by atoms with E-state index in [1.54, 1.807) is 13.4 Å². The van der Waals surface area contributed by atoms with E-state index in [9.17, 15) is 4.79 Å². The summed E-state index contributed by atoms with van der Waals surface area (Å²) in [6, 6.07) is 13.1. The number of carbonyl (C=O) groups is 1. The molecule has 0 unspecified atom stereocenters. The molecule has 2 aromatic heterocycles. The molecule has 7 nitrogen and oxygen atoms in total. The van der Waals surface area contributed by atoms with Crippen molar-refractivity contribution in [2.45, 2.75) is 20.0 Å². The van der Waals surface area contributed by atoms with E-state index in [-0.39, 0.29) is 18.9 Å². The molecule has 4 rings (SSSR count). The van der Waals surface area contributed by atoms with Crippen LogP contribution in [0.3, 0.4) is 0 Å². The molecule has 0 aliphatic rings. The molecule has 0 fully saturated rings. The topological polar surface area (TPSA) is 87.6 Å². The maximum atomic E-state index is 12.2. The Morgan fingerprint density at radius 3 is 2.75 bits per heavy atom. The minimum Gasteiger partial charge on any atom is -0.497 e. The van der Waals surface area contributed by atoms with Gasteiger partial charge >= 0.3 is 5.97 Å². The highest BCUT2D eigenvalue weighted by Gasteiger charge is 2.14.